The second-order valence-corrected chi connectivity index (χ2v) is 19.6. The Morgan fingerprint density at radius 3 is 2.37 bits per heavy atom. The van der Waals surface area contributed by atoms with E-state index in [9.17, 15) is 24.6 Å². The van der Waals surface area contributed by atoms with Crippen molar-refractivity contribution in [3.63, 3.8) is 0 Å². The summed E-state index contributed by atoms with van der Waals surface area (Å²) in [4.78, 5) is 55.1. The number of para-hydroxylation sites is 2. The molecule has 2 aliphatic heterocycles. The van der Waals surface area contributed by atoms with Crippen molar-refractivity contribution in [1.82, 2.24) is 20.6 Å². The van der Waals surface area contributed by atoms with Crippen LogP contribution in [0.25, 0.3) is 11.1 Å². The van der Waals surface area contributed by atoms with Crippen LogP contribution >= 0.6 is 12.6 Å². The van der Waals surface area contributed by atoms with Gasteiger partial charge in [-0.2, -0.15) is 5.06 Å². The highest BCUT2D eigenvalue weighted by Crippen LogP contribution is 2.61. The number of nitrogens with one attached hydrogen (secondary N) is 2. The SMILES string of the molecule is COc1c(CN2O[C@@H](CO)[C@@H]([C@H](C)O)[C@H]2C(=O)N[C@H]2C[C@H]3C[C@@H]([C@@H]2C)C3(C)C)cccc1-c1cc(C(=O)N[C@H](CC2C(C)N2c2ccccc2S)C(=O)N(C)C)cc(N(C)C)c1. The highest BCUT2D eigenvalue weighted by molar-refractivity contribution is 7.80. The van der Waals surface area contributed by atoms with Gasteiger partial charge in [-0.3, -0.25) is 19.2 Å². The van der Waals surface area contributed by atoms with Crippen LogP contribution in [-0.4, -0.2) is 122 Å². The van der Waals surface area contributed by atoms with Crippen LogP contribution in [0.4, 0.5) is 11.4 Å². The van der Waals surface area contributed by atoms with Gasteiger partial charge in [0.15, 0.2) is 0 Å². The van der Waals surface area contributed by atoms with Crippen molar-refractivity contribution >= 4 is 41.7 Å². The molecule has 0 radical (unpaired) electrons. The lowest BCUT2D eigenvalue weighted by molar-refractivity contribution is -0.183. The first-order chi connectivity index (χ1) is 29.4. The van der Waals surface area contributed by atoms with E-state index in [1.54, 1.807) is 45.3 Å². The van der Waals surface area contributed by atoms with Gasteiger partial charge >= 0.3 is 0 Å². The Hall–Kier alpha value is -4.34. The van der Waals surface area contributed by atoms with Crippen LogP contribution in [0.5, 0.6) is 5.75 Å². The predicted octanol–water partition coefficient (Wildman–Crippen LogP) is 5.23. The Bertz CT molecular complexity index is 2150. The van der Waals surface area contributed by atoms with Gasteiger partial charge in [0.2, 0.25) is 11.8 Å². The number of hydrogen-bond acceptors (Lipinski definition) is 11. The number of thiol groups is 1. The van der Waals surface area contributed by atoms with Gasteiger partial charge in [0.1, 0.15) is 23.9 Å². The lowest BCUT2D eigenvalue weighted by Crippen LogP contribution is -2.62. The normalized spacial score (nSPS) is 28.3. The average Bonchev–Trinajstić information content (AvgIpc) is 3.69. The number of carbonyl (C=O) groups is 3. The Morgan fingerprint density at radius 2 is 1.76 bits per heavy atom. The molecule has 3 amide bonds. The molecule has 3 aromatic carbocycles. The molecule has 5 aliphatic rings. The van der Waals surface area contributed by atoms with Crippen LogP contribution in [0.3, 0.4) is 0 Å². The predicted molar refractivity (Wildman–Crippen MR) is 244 cm³/mol. The third-order valence-corrected chi connectivity index (χ3v) is 15.0. The fourth-order valence-corrected chi connectivity index (χ4v) is 11.1. The van der Waals surface area contributed by atoms with Crippen molar-refractivity contribution in [1.29, 1.82) is 0 Å². The molecule has 0 aromatic heterocycles. The number of anilines is 2. The van der Waals surface area contributed by atoms with Gasteiger partial charge < -0.3 is 40.3 Å². The van der Waals surface area contributed by atoms with Crippen LogP contribution in [0, 0.1) is 29.1 Å². The van der Waals surface area contributed by atoms with E-state index in [0.717, 1.165) is 22.7 Å². The summed E-state index contributed by atoms with van der Waals surface area (Å²) in [5.74, 6) is 0.434. The maximum absolute atomic E-state index is 14.4. The van der Waals surface area contributed by atoms with Gasteiger partial charge in [-0.05, 0) is 92.2 Å². The maximum atomic E-state index is 14.4. The third-order valence-electron chi connectivity index (χ3n) is 14.6. The molecular formula is C48H66N6O7S. The molecule has 2 saturated heterocycles. The first-order valence-corrected chi connectivity index (χ1v) is 22.4. The van der Waals surface area contributed by atoms with Gasteiger partial charge in [-0.25, -0.2) is 0 Å². The number of amides is 3. The highest BCUT2D eigenvalue weighted by atomic mass is 32.1. The average molecular weight is 871 g/mol. The smallest absolute Gasteiger partial charge is 0.252 e. The number of nitrogens with zero attached hydrogens (tertiary/aromatic N) is 4. The molecule has 8 rings (SSSR count). The molecule has 3 aromatic rings. The fraction of sp³-hybridized carbons (Fsp3) is 0.562. The molecule has 2 unspecified atom stereocenters. The first-order valence-electron chi connectivity index (χ1n) is 22.0. The zero-order valence-electron chi connectivity index (χ0n) is 37.8. The zero-order chi connectivity index (χ0) is 44.9. The Balaban J connectivity index is 1.15. The first kappa shape index (κ1) is 45.7. The quantitative estimate of drug-likeness (QED) is 0.102. The Kier molecular flexibility index (Phi) is 13.3. The number of benzene rings is 3. The molecule has 4 N–H and O–H groups in total. The van der Waals surface area contributed by atoms with Crippen LogP contribution in [-0.2, 0) is 21.0 Å². The van der Waals surface area contributed by atoms with E-state index in [1.165, 1.54) is 11.3 Å². The summed E-state index contributed by atoms with van der Waals surface area (Å²) in [6.45, 7) is 10.4. The van der Waals surface area contributed by atoms with Gasteiger partial charge in [-0.15, -0.1) is 12.6 Å². The van der Waals surface area contributed by atoms with E-state index in [-0.39, 0.29) is 54.4 Å². The monoisotopic (exact) mass is 870 g/mol. The number of hydroxylamine groups is 2. The van der Waals surface area contributed by atoms with E-state index in [2.05, 4.69) is 55.9 Å². The standard InChI is InChI=1S/C48H66N6O7S/c1-26-35-21-32(48(35,4)5)22-36(26)49-46(58)43-42(28(3)56)40(25-55)61-53(43)24-29-14-13-15-34(44(29)60-10)30-18-31(20-33(19-30)51(6)7)45(57)50-37(47(59)52(8)9)23-39-27(2)54(39)38-16-11-12-17-41(38)62/h11-20,26-28,32,35-37,39-40,42-43,55-56,62H,21-25H2,1-10H3,(H,49,58)(H,50,57)/t26-,27?,28-,32+,35-,36-,37+,39?,40-,42+,43-,54?/m0/s1. The van der Waals surface area contributed by atoms with Gasteiger partial charge in [0.05, 0.1) is 38.1 Å². The van der Waals surface area contributed by atoms with E-state index in [1.807, 2.05) is 67.5 Å². The van der Waals surface area contributed by atoms with Crippen molar-refractivity contribution in [2.45, 2.75) is 108 Å². The van der Waals surface area contributed by atoms with Crippen LogP contribution in [0.2, 0.25) is 0 Å². The minimum absolute atomic E-state index is 0.0102. The van der Waals surface area contributed by atoms with Crippen molar-refractivity contribution in [3.05, 3.63) is 71.8 Å². The maximum Gasteiger partial charge on any atom is 0.252 e. The molecule has 62 heavy (non-hydrogen) atoms. The molecule has 2 bridgehead atoms. The van der Waals surface area contributed by atoms with Crippen LogP contribution in [0.15, 0.2) is 65.6 Å². The van der Waals surface area contributed by atoms with Crippen molar-refractivity contribution < 1.29 is 34.2 Å². The summed E-state index contributed by atoms with van der Waals surface area (Å²) in [7, 11) is 8.77. The number of aliphatic hydroxyl groups excluding tert-OH is 2. The van der Waals surface area contributed by atoms with E-state index >= 15 is 0 Å². The molecule has 3 saturated carbocycles. The van der Waals surface area contributed by atoms with Crippen molar-refractivity contribution in [2.75, 3.05) is 51.7 Å². The van der Waals surface area contributed by atoms with Gasteiger partial charge in [0, 0.05) is 73.5 Å². The topological polar surface area (TPSA) is 147 Å². The fourth-order valence-electron chi connectivity index (χ4n) is 10.8. The Morgan fingerprint density at radius 1 is 1.03 bits per heavy atom. The molecular weight excluding hydrogens is 805 g/mol. The third kappa shape index (κ3) is 8.65. The molecule has 2 heterocycles. The second-order valence-electron chi connectivity index (χ2n) is 19.1. The van der Waals surface area contributed by atoms with Gasteiger partial charge in [-0.1, -0.05) is 51.1 Å². The number of carbonyl (C=O) groups excluding carboxylic acids is 3. The summed E-state index contributed by atoms with van der Waals surface area (Å²) in [5, 5.41) is 29.5. The molecule has 0 spiro atoms. The summed E-state index contributed by atoms with van der Waals surface area (Å²) in [6, 6.07) is 17.7. The van der Waals surface area contributed by atoms with E-state index in [0.29, 0.717) is 52.2 Å². The molecule has 14 heteroatoms. The van der Waals surface area contributed by atoms with Crippen LogP contribution in [0.1, 0.15) is 69.8 Å². The highest BCUT2D eigenvalue weighted by Gasteiger charge is 2.57. The number of fused-ring (bicyclic) bond motifs is 2. The molecule has 13 nitrogen and oxygen atoms in total. The number of ether oxygens (including phenoxy) is 1. The Labute approximate surface area is 372 Å². The molecule has 11 atom stereocenters. The zero-order valence-corrected chi connectivity index (χ0v) is 38.7. The summed E-state index contributed by atoms with van der Waals surface area (Å²) < 4.78 is 6.12. The lowest BCUT2D eigenvalue weighted by Gasteiger charge is -2.62. The minimum atomic E-state index is -0.931. The number of aliphatic hydroxyl groups is 2. The molecule has 3 aliphatic carbocycles. The minimum Gasteiger partial charge on any atom is -0.496 e. The summed E-state index contributed by atoms with van der Waals surface area (Å²) in [5.41, 5.74) is 4.53. The van der Waals surface area contributed by atoms with Crippen LogP contribution < -0.4 is 25.2 Å². The molecule has 336 valence electrons. The lowest BCUT2D eigenvalue weighted by atomic mass is 9.45. The number of hydrogen-bond donors (Lipinski definition) is 5. The molecule has 5 fully saturated rings. The van der Waals surface area contributed by atoms with Gasteiger partial charge in [0.25, 0.3) is 5.91 Å². The number of rotatable bonds is 15. The number of methoxy groups -OCH3 is 1. The second kappa shape index (κ2) is 18.0. The van der Waals surface area contributed by atoms with Crippen molar-refractivity contribution in [2.24, 2.45) is 29.1 Å². The van der Waals surface area contributed by atoms with E-state index < -0.39 is 30.2 Å². The van der Waals surface area contributed by atoms with Crippen molar-refractivity contribution in [3.8, 4) is 16.9 Å². The number of likely N-dealkylation sites (N-methyl/N-ethyl adjacent to an activating group) is 1. The van der Waals surface area contributed by atoms with E-state index in [4.69, 9.17) is 9.57 Å². The summed E-state index contributed by atoms with van der Waals surface area (Å²) in [6.07, 6.45) is 0.794. The largest absolute Gasteiger partial charge is 0.496 e. The summed E-state index contributed by atoms with van der Waals surface area (Å²) >= 11 is 4.66.